The van der Waals surface area contributed by atoms with Crippen molar-refractivity contribution in [2.75, 3.05) is 7.11 Å². The molecule has 0 unspecified atom stereocenters. The summed E-state index contributed by atoms with van der Waals surface area (Å²) in [6, 6.07) is 17.2. The molecule has 132 valence electrons. The van der Waals surface area contributed by atoms with E-state index < -0.39 is 0 Å². The molecule has 2 aromatic carbocycles. The number of carbonyl (C=O) groups is 1. The molecule has 3 rings (SSSR count). The van der Waals surface area contributed by atoms with Crippen LogP contribution in [0.15, 0.2) is 67.0 Å². The van der Waals surface area contributed by atoms with Gasteiger partial charge in [-0.2, -0.15) is 0 Å². The molecule has 0 aliphatic heterocycles. The number of hydrogen-bond donors (Lipinski definition) is 1. The number of ether oxygens (including phenoxy) is 1. The summed E-state index contributed by atoms with van der Waals surface area (Å²) in [5, 5.41) is 3.03. The van der Waals surface area contributed by atoms with Crippen LogP contribution in [-0.4, -0.2) is 18.0 Å². The second-order valence-corrected chi connectivity index (χ2v) is 6.24. The number of aromatic nitrogens is 1. The first-order chi connectivity index (χ1) is 12.6. The first-order valence-electron chi connectivity index (χ1n) is 8.54. The van der Waals surface area contributed by atoms with E-state index in [4.69, 9.17) is 4.74 Å². The van der Waals surface area contributed by atoms with E-state index in [9.17, 15) is 4.79 Å². The van der Waals surface area contributed by atoms with E-state index in [1.54, 1.807) is 13.3 Å². The summed E-state index contributed by atoms with van der Waals surface area (Å²) in [7, 11) is 1.64. The van der Waals surface area contributed by atoms with Gasteiger partial charge >= 0.3 is 0 Å². The normalized spacial score (nSPS) is 11.7. The fourth-order valence-corrected chi connectivity index (χ4v) is 2.85. The Bertz CT molecular complexity index is 887. The van der Waals surface area contributed by atoms with Gasteiger partial charge in [-0.25, -0.2) is 0 Å². The molecule has 1 amide bonds. The van der Waals surface area contributed by atoms with Crippen LogP contribution in [0.3, 0.4) is 0 Å². The molecule has 0 saturated carbocycles. The van der Waals surface area contributed by atoms with Crippen molar-refractivity contribution in [3.8, 4) is 16.9 Å². The predicted octanol–water partition coefficient (Wildman–Crippen LogP) is 4.56. The molecule has 0 aliphatic rings. The van der Waals surface area contributed by atoms with Gasteiger partial charge in [0.1, 0.15) is 5.75 Å². The highest BCUT2D eigenvalue weighted by atomic mass is 16.5. The van der Waals surface area contributed by atoms with Crippen molar-refractivity contribution in [1.29, 1.82) is 0 Å². The van der Waals surface area contributed by atoms with Gasteiger partial charge in [-0.1, -0.05) is 24.3 Å². The van der Waals surface area contributed by atoms with E-state index in [2.05, 4.69) is 10.3 Å². The molecule has 0 spiro atoms. The number of hydrogen-bond acceptors (Lipinski definition) is 3. The molecule has 0 saturated heterocycles. The molecule has 3 aromatic rings. The highest BCUT2D eigenvalue weighted by Gasteiger charge is 2.12. The lowest BCUT2D eigenvalue weighted by molar-refractivity contribution is 0.0940. The van der Waals surface area contributed by atoms with Crippen LogP contribution in [0.1, 0.15) is 34.5 Å². The fourth-order valence-electron chi connectivity index (χ4n) is 2.85. The Labute approximate surface area is 153 Å². The summed E-state index contributed by atoms with van der Waals surface area (Å²) < 4.78 is 5.16. The van der Waals surface area contributed by atoms with Crippen LogP contribution in [0.25, 0.3) is 11.1 Å². The van der Waals surface area contributed by atoms with Crippen molar-refractivity contribution >= 4 is 5.91 Å². The number of methoxy groups -OCH3 is 1. The number of benzene rings is 2. The molecular weight excluding hydrogens is 324 g/mol. The maximum absolute atomic E-state index is 12.5. The monoisotopic (exact) mass is 346 g/mol. The van der Waals surface area contributed by atoms with E-state index in [-0.39, 0.29) is 11.9 Å². The Hall–Kier alpha value is -3.14. The Morgan fingerprint density at radius 2 is 1.73 bits per heavy atom. The summed E-state index contributed by atoms with van der Waals surface area (Å²) in [6.07, 6.45) is 3.62. The highest BCUT2D eigenvalue weighted by Crippen LogP contribution is 2.23. The van der Waals surface area contributed by atoms with Gasteiger partial charge in [0.05, 0.1) is 13.2 Å². The lowest BCUT2D eigenvalue weighted by Gasteiger charge is -2.15. The third kappa shape index (κ3) is 3.91. The molecule has 0 bridgehead atoms. The predicted molar refractivity (Wildman–Crippen MR) is 103 cm³/mol. The first kappa shape index (κ1) is 17.7. The zero-order chi connectivity index (χ0) is 18.5. The van der Waals surface area contributed by atoms with E-state index in [1.165, 1.54) is 0 Å². The summed E-state index contributed by atoms with van der Waals surface area (Å²) in [5.74, 6) is 0.709. The third-order valence-corrected chi connectivity index (χ3v) is 4.44. The van der Waals surface area contributed by atoms with Crippen LogP contribution in [0.4, 0.5) is 0 Å². The molecule has 1 heterocycles. The number of carbonyl (C=O) groups excluding carboxylic acids is 1. The number of pyridine rings is 1. The smallest absolute Gasteiger partial charge is 0.251 e. The standard InChI is InChI=1S/C22H22N2O2/c1-15-14-23-13-12-21(15)18-4-6-19(7-5-18)22(25)24-16(2)17-8-10-20(26-3)11-9-17/h4-14,16H,1-3H3,(H,24,25)/t16-/m1/s1. The van der Waals surface area contributed by atoms with Crippen molar-refractivity contribution in [2.45, 2.75) is 19.9 Å². The minimum atomic E-state index is -0.0914. The van der Waals surface area contributed by atoms with E-state index in [1.807, 2.05) is 74.6 Å². The van der Waals surface area contributed by atoms with Crippen LogP contribution in [0.5, 0.6) is 5.75 Å². The summed E-state index contributed by atoms with van der Waals surface area (Å²) in [6.45, 7) is 3.99. The summed E-state index contributed by atoms with van der Waals surface area (Å²) in [4.78, 5) is 16.6. The number of nitrogens with zero attached hydrogens (tertiary/aromatic N) is 1. The van der Waals surface area contributed by atoms with Crippen LogP contribution in [0.2, 0.25) is 0 Å². The maximum Gasteiger partial charge on any atom is 0.251 e. The largest absolute Gasteiger partial charge is 0.497 e. The number of nitrogens with one attached hydrogen (secondary N) is 1. The van der Waals surface area contributed by atoms with Crippen LogP contribution >= 0.6 is 0 Å². The molecule has 26 heavy (non-hydrogen) atoms. The summed E-state index contributed by atoms with van der Waals surface area (Å²) >= 11 is 0. The zero-order valence-corrected chi connectivity index (χ0v) is 15.2. The van der Waals surface area contributed by atoms with E-state index in [0.717, 1.165) is 28.0 Å². The molecule has 0 aliphatic carbocycles. The van der Waals surface area contributed by atoms with Gasteiger partial charge in [-0.05, 0) is 66.4 Å². The Morgan fingerprint density at radius 3 is 2.35 bits per heavy atom. The van der Waals surface area contributed by atoms with Gasteiger partial charge in [-0.15, -0.1) is 0 Å². The van der Waals surface area contributed by atoms with Gasteiger partial charge < -0.3 is 10.1 Å². The Morgan fingerprint density at radius 1 is 1.04 bits per heavy atom. The lowest BCUT2D eigenvalue weighted by atomic mass is 10.0. The topological polar surface area (TPSA) is 51.2 Å². The zero-order valence-electron chi connectivity index (χ0n) is 15.2. The van der Waals surface area contributed by atoms with Crippen molar-refractivity contribution in [2.24, 2.45) is 0 Å². The van der Waals surface area contributed by atoms with Crippen LogP contribution in [-0.2, 0) is 0 Å². The number of amides is 1. The van der Waals surface area contributed by atoms with Crippen molar-refractivity contribution in [3.05, 3.63) is 83.7 Å². The van der Waals surface area contributed by atoms with Crippen LogP contribution < -0.4 is 10.1 Å². The summed E-state index contributed by atoms with van der Waals surface area (Å²) in [5.41, 5.74) is 4.98. The molecule has 4 nitrogen and oxygen atoms in total. The quantitative estimate of drug-likeness (QED) is 0.737. The van der Waals surface area contributed by atoms with Crippen molar-refractivity contribution < 1.29 is 9.53 Å². The molecule has 0 fully saturated rings. The SMILES string of the molecule is COc1ccc([C@@H](C)NC(=O)c2ccc(-c3ccncc3C)cc2)cc1. The van der Waals surface area contributed by atoms with Crippen molar-refractivity contribution in [1.82, 2.24) is 10.3 Å². The molecule has 1 N–H and O–H groups in total. The molecule has 1 aromatic heterocycles. The first-order valence-corrected chi connectivity index (χ1v) is 8.54. The molecule has 1 atom stereocenters. The lowest BCUT2D eigenvalue weighted by Crippen LogP contribution is -2.26. The molecular formula is C22H22N2O2. The average molecular weight is 346 g/mol. The highest BCUT2D eigenvalue weighted by molar-refractivity contribution is 5.95. The number of rotatable bonds is 5. The Kier molecular flexibility index (Phi) is 5.32. The van der Waals surface area contributed by atoms with Gasteiger partial charge in [0.2, 0.25) is 0 Å². The van der Waals surface area contributed by atoms with Gasteiger partial charge in [0, 0.05) is 18.0 Å². The Balaban J connectivity index is 1.70. The van der Waals surface area contributed by atoms with E-state index in [0.29, 0.717) is 5.56 Å². The van der Waals surface area contributed by atoms with Crippen molar-refractivity contribution in [3.63, 3.8) is 0 Å². The average Bonchev–Trinajstić information content (AvgIpc) is 2.68. The van der Waals surface area contributed by atoms with Gasteiger partial charge in [0.15, 0.2) is 0 Å². The second kappa shape index (κ2) is 7.83. The van der Waals surface area contributed by atoms with Crippen LogP contribution in [0, 0.1) is 6.92 Å². The maximum atomic E-state index is 12.5. The minimum Gasteiger partial charge on any atom is -0.497 e. The van der Waals surface area contributed by atoms with Gasteiger partial charge in [-0.3, -0.25) is 9.78 Å². The third-order valence-electron chi connectivity index (χ3n) is 4.44. The van der Waals surface area contributed by atoms with E-state index >= 15 is 0 Å². The number of aryl methyl sites for hydroxylation is 1. The second-order valence-electron chi connectivity index (χ2n) is 6.24. The molecule has 4 heteroatoms. The van der Waals surface area contributed by atoms with Gasteiger partial charge in [0.25, 0.3) is 5.91 Å². The minimum absolute atomic E-state index is 0.0875. The molecule has 0 radical (unpaired) electrons. The fraction of sp³-hybridized carbons (Fsp3) is 0.182.